The molecule has 4 nitrogen and oxygen atoms in total. The largest absolute Gasteiger partial charge is 0.468 e. The van der Waals surface area contributed by atoms with Crippen molar-refractivity contribution in [3.05, 3.63) is 0 Å². The Morgan fingerprint density at radius 3 is 2.50 bits per heavy atom. The minimum atomic E-state index is -0.857. The van der Waals surface area contributed by atoms with Gasteiger partial charge in [-0.3, -0.25) is 4.79 Å². The zero-order chi connectivity index (χ0) is 9.61. The topological polar surface area (TPSA) is 78.3 Å². The van der Waals surface area contributed by atoms with Gasteiger partial charge in [-0.15, -0.1) is 0 Å². The van der Waals surface area contributed by atoms with Crippen LogP contribution in [0.3, 0.4) is 0 Å². The lowest BCUT2D eigenvalue weighted by Gasteiger charge is -2.20. The van der Waals surface area contributed by atoms with Crippen LogP contribution in [0.5, 0.6) is 0 Å². The van der Waals surface area contributed by atoms with Crippen LogP contribution < -0.4 is 11.5 Å². The van der Waals surface area contributed by atoms with E-state index in [0.29, 0.717) is 13.0 Å². The van der Waals surface area contributed by atoms with Gasteiger partial charge in [0.25, 0.3) is 0 Å². The van der Waals surface area contributed by atoms with E-state index in [-0.39, 0.29) is 5.97 Å². The summed E-state index contributed by atoms with van der Waals surface area (Å²) in [6, 6.07) is 0. The SMILES string of the molecule is COC(=O)[C@@](C)(N)CCCCN. The third kappa shape index (κ3) is 3.69. The second kappa shape index (κ2) is 5.11. The molecule has 1 atom stereocenters. The molecule has 0 aromatic carbocycles. The molecule has 0 aromatic rings. The van der Waals surface area contributed by atoms with Crippen molar-refractivity contribution in [3.63, 3.8) is 0 Å². The Kier molecular flexibility index (Phi) is 4.85. The van der Waals surface area contributed by atoms with Crippen LogP contribution in [0, 0.1) is 0 Å². The highest BCUT2D eigenvalue weighted by Gasteiger charge is 2.28. The molecule has 0 spiro atoms. The van der Waals surface area contributed by atoms with Crippen LogP contribution in [0.25, 0.3) is 0 Å². The second-order valence-corrected chi connectivity index (χ2v) is 3.15. The van der Waals surface area contributed by atoms with Crippen molar-refractivity contribution in [2.45, 2.75) is 31.7 Å². The lowest BCUT2D eigenvalue weighted by Crippen LogP contribution is -2.45. The first-order valence-corrected chi connectivity index (χ1v) is 4.12. The summed E-state index contributed by atoms with van der Waals surface area (Å²) in [5.74, 6) is -0.362. The maximum Gasteiger partial charge on any atom is 0.325 e. The molecule has 4 N–H and O–H groups in total. The fourth-order valence-electron chi connectivity index (χ4n) is 0.972. The van der Waals surface area contributed by atoms with Gasteiger partial charge in [-0.25, -0.2) is 0 Å². The van der Waals surface area contributed by atoms with E-state index in [9.17, 15) is 4.79 Å². The van der Waals surface area contributed by atoms with E-state index in [2.05, 4.69) is 4.74 Å². The first-order chi connectivity index (χ1) is 5.54. The van der Waals surface area contributed by atoms with Gasteiger partial charge >= 0.3 is 5.97 Å². The molecule has 0 unspecified atom stereocenters. The molecule has 12 heavy (non-hydrogen) atoms. The third-order valence-corrected chi connectivity index (χ3v) is 1.80. The van der Waals surface area contributed by atoms with Gasteiger partial charge in [0.15, 0.2) is 0 Å². The highest BCUT2D eigenvalue weighted by molar-refractivity contribution is 5.79. The summed E-state index contributed by atoms with van der Waals surface area (Å²) in [4.78, 5) is 11.0. The Morgan fingerprint density at radius 1 is 1.50 bits per heavy atom. The molecule has 0 radical (unpaired) electrons. The van der Waals surface area contributed by atoms with Crippen LogP contribution in [0.15, 0.2) is 0 Å². The van der Waals surface area contributed by atoms with Gasteiger partial charge in [0.05, 0.1) is 7.11 Å². The lowest BCUT2D eigenvalue weighted by molar-refractivity contribution is -0.146. The van der Waals surface area contributed by atoms with Gasteiger partial charge in [0, 0.05) is 0 Å². The Labute approximate surface area is 73.2 Å². The molecule has 0 bridgehead atoms. The van der Waals surface area contributed by atoms with Gasteiger partial charge in [0.2, 0.25) is 0 Å². The fourth-order valence-corrected chi connectivity index (χ4v) is 0.972. The molecule has 0 aliphatic heterocycles. The second-order valence-electron chi connectivity index (χ2n) is 3.15. The number of carbonyl (C=O) groups excluding carboxylic acids is 1. The molecule has 0 aromatic heterocycles. The first kappa shape index (κ1) is 11.4. The maximum atomic E-state index is 11.0. The standard InChI is InChI=1S/C8H18N2O2/c1-8(10,7(11)12-2)5-3-4-6-9/h3-6,9-10H2,1-2H3/t8-/m0/s1. The number of esters is 1. The van der Waals surface area contributed by atoms with Gasteiger partial charge in [-0.2, -0.15) is 0 Å². The smallest absolute Gasteiger partial charge is 0.325 e. The van der Waals surface area contributed by atoms with Crippen LogP contribution in [-0.2, 0) is 9.53 Å². The first-order valence-electron chi connectivity index (χ1n) is 4.12. The highest BCUT2D eigenvalue weighted by atomic mass is 16.5. The third-order valence-electron chi connectivity index (χ3n) is 1.80. The van der Waals surface area contributed by atoms with Crippen molar-refractivity contribution < 1.29 is 9.53 Å². The molecular formula is C8H18N2O2. The van der Waals surface area contributed by atoms with Crippen molar-refractivity contribution in [2.75, 3.05) is 13.7 Å². The summed E-state index contributed by atoms with van der Waals surface area (Å²) < 4.78 is 4.55. The van der Waals surface area contributed by atoms with Crippen LogP contribution in [0.2, 0.25) is 0 Å². The fraction of sp³-hybridized carbons (Fsp3) is 0.875. The number of hydrogen-bond acceptors (Lipinski definition) is 4. The zero-order valence-corrected chi connectivity index (χ0v) is 7.80. The monoisotopic (exact) mass is 174 g/mol. The average molecular weight is 174 g/mol. The summed E-state index contributed by atoms with van der Waals surface area (Å²) in [6.07, 6.45) is 2.37. The number of unbranched alkanes of at least 4 members (excludes halogenated alkanes) is 1. The van der Waals surface area contributed by atoms with Crippen molar-refractivity contribution >= 4 is 5.97 Å². The Balaban J connectivity index is 3.78. The predicted molar refractivity (Wildman–Crippen MR) is 47.5 cm³/mol. The molecule has 0 amide bonds. The van der Waals surface area contributed by atoms with Crippen LogP contribution >= 0.6 is 0 Å². The summed E-state index contributed by atoms with van der Waals surface area (Å²) in [6.45, 7) is 2.31. The number of rotatable bonds is 5. The maximum absolute atomic E-state index is 11.0. The molecule has 72 valence electrons. The molecule has 0 rings (SSSR count). The van der Waals surface area contributed by atoms with E-state index in [0.717, 1.165) is 12.8 Å². The summed E-state index contributed by atoms with van der Waals surface area (Å²) in [5.41, 5.74) is 10.1. The number of methoxy groups -OCH3 is 1. The molecule has 0 fully saturated rings. The molecule has 0 heterocycles. The lowest BCUT2D eigenvalue weighted by atomic mass is 9.96. The van der Waals surface area contributed by atoms with Gasteiger partial charge in [0.1, 0.15) is 5.54 Å². The number of nitrogens with two attached hydrogens (primary N) is 2. The van der Waals surface area contributed by atoms with Crippen LogP contribution in [-0.4, -0.2) is 25.2 Å². The van der Waals surface area contributed by atoms with Gasteiger partial charge < -0.3 is 16.2 Å². The van der Waals surface area contributed by atoms with E-state index in [1.165, 1.54) is 7.11 Å². The van der Waals surface area contributed by atoms with Gasteiger partial charge in [-0.1, -0.05) is 0 Å². The van der Waals surface area contributed by atoms with E-state index >= 15 is 0 Å². The molecule has 4 heteroatoms. The molecular weight excluding hydrogens is 156 g/mol. The van der Waals surface area contributed by atoms with E-state index < -0.39 is 5.54 Å². The van der Waals surface area contributed by atoms with E-state index in [1.807, 2.05) is 0 Å². The summed E-state index contributed by atoms with van der Waals surface area (Å²) in [5, 5.41) is 0. The Morgan fingerprint density at radius 2 is 2.08 bits per heavy atom. The van der Waals surface area contributed by atoms with E-state index in [4.69, 9.17) is 11.5 Å². The van der Waals surface area contributed by atoms with Crippen molar-refractivity contribution in [2.24, 2.45) is 11.5 Å². The number of hydrogen-bond donors (Lipinski definition) is 2. The van der Waals surface area contributed by atoms with E-state index in [1.54, 1.807) is 6.92 Å². The molecule has 0 saturated heterocycles. The van der Waals surface area contributed by atoms with Crippen LogP contribution in [0.4, 0.5) is 0 Å². The quantitative estimate of drug-likeness (QED) is 0.454. The minimum absolute atomic E-state index is 0.362. The van der Waals surface area contributed by atoms with Crippen molar-refractivity contribution in [1.29, 1.82) is 0 Å². The van der Waals surface area contributed by atoms with Crippen molar-refractivity contribution in [1.82, 2.24) is 0 Å². The zero-order valence-electron chi connectivity index (χ0n) is 7.80. The highest BCUT2D eigenvalue weighted by Crippen LogP contribution is 2.11. The van der Waals surface area contributed by atoms with Crippen LogP contribution in [0.1, 0.15) is 26.2 Å². The normalized spacial score (nSPS) is 15.3. The number of carbonyl (C=O) groups is 1. The summed E-state index contributed by atoms with van der Waals surface area (Å²) >= 11 is 0. The number of ether oxygens (including phenoxy) is 1. The van der Waals surface area contributed by atoms with Gasteiger partial charge in [-0.05, 0) is 32.7 Å². The summed E-state index contributed by atoms with van der Waals surface area (Å²) in [7, 11) is 1.34. The average Bonchev–Trinajstić information content (AvgIpc) is 2.03. The Bertz CT molecular complexity index is 146. The molecule has 0 saturated carbocycles. The predicted octanol–water partition coefficient (Wildman–Crippen LogP) is 0.00580. The molecule has 0 aliphatic rings. The van der Waals surface area contributed by atoms with Crippen molar-refractivity contribution in [3.8, 4) is 0 Å². The molecule has 0 aliphatic carbocycles. The Hall–Kier alpha value is -0.610. The minimum Gasteiger partial charge on any atom is -0.468 e.